The number of rotatable bonds is 0. The molecule has 66 valence electrons. The predicted octanol–water partition coefficient (Wildman–Crippen LogP) is 3.02. The van der Waals surface area contributed by atoms with Gasteiger partial charge in [0.25, 0.3) is 0 Å². The molecule has 1 rings (SSSR count). The second kappa shape index (κ2) is 4.91. The molecular weight excluding hydrogens is 148 g/mol. The molecule has 0 radical (unpaired) electrons. The van der Waals surface area contributed by atoms with Crippen LogP contribution in [0.4, 0.5) is 0 Å². The summed E-state index contributed by atoms with van der Waals surface area (Å²) < 4.78 is 0. The van der Waals surface area contributed by atoms with Gasteiger partial charge in [0.05, 0.1) is 0 Å². The Hall–Kier alpha value is -0.850. The van der Waals surface area contributed by atoms with E-state index in [9.17, 15) is 4.79 Å². The molecule has 0 saturated heterocycles. The lowest BCUT2D eigenvalue weighted by Crippen LogP contribution is -1.96. The summed E-state index contributed by atoms with van der Waals surface area (Å²) in [6, 6.07) is 0. The predicted molar refractivity (Wildman–Crippen MR) is 51.0 cm³/mol. The lowest BCUT2D eigenvalue weighted by Gasteiger charge is -2.01. The van der Waals surface area contributed by atoms with Crippen LogP contribution in [0.2, 0.25) is 0 Å². The molecule has 0 aliphatic heterocycles. The lowest BCUT2D eigenvalue weighted by molar-refractivity contribution is -0.118. The van der Waals surface area contributed by atoms with Crippen LogP contribution < -0.4 is 0 Å². The Labute approximate surface area is 74.2 Å². The van der Waals surface area contributed by atoms with Crippen LogP contribution in [0, 0.1) is 0 Å². The van der Waals surface area contributed by atoms with Crippen LogP contribution in [0.1, 0.15) is 39.0 Å². The van der Waals surface area contributed by atoms with Gasteiger partial charge in [0, 0.05) is 12.8 Å². The zero-order valence-corrected chi connectivity index (χ0v) is 7.68. The largest absolute Gasteiger partial charge is 0.299 e. The second-order valence-electron chi connectivity index (χ2n) is 3.34. The van der Waals surface area contributed by atoms with Gasteiger partial charge in [0.15, 0.2) is 0 Å². The highest BCUT2D eigenvalue weighted by Gasteiger charge is 2.00. The topological polar surface area (TPSA) is 17.1 Å². The number of allylic oxidation sites excluding steroid dienone is 4. The molecule has 1 heteroatoms. The first-order chi connectivity index (χ1) is 5.79. The van der Waals surface area contributed by atoms with E-state index < -0.39 is 0 Å². The van der Waals surface area contributed by atoms with Crippen LogP contribution >= 0.6 is 0 Å². The molecule has 1 aliphatic rings. The SMILES string of the molecule is C/C1=C\CC/C=C\CC(=O)CC1. The summed E-state index contributed by atoms with van der Waals surface area (Å²) in [5.41, 5.74) is 1.36. The van der Waals surface area contributed by atoms with Crippen molar-refractivity contribution in [3.8, 4) is 0 Å². The van der Waals surface area contributed by atoms with Crippen LogP contribution in [-0.2, 0) is 4.79 Å². The summed E-state index contributed by atoms with van der Waals surface area (Å²) in [6.07, 6.45) is 10.8. The zero-order chi connectivity index (χ0) is 8.81. The van der Waals surface area contributed by atoms with Crippen LogP contribution in [0.5, 0.6) is 0 Å². The number of hydrogen-bond acceptors (Lipinski definition) is 1. The van der Waals surface area contributed by atoms with Gasteiger partial charge in [0.1, 0.15) is 5.78 Å². The average molecular weight is 164 g/mol. The Morgan fingerprint density at radius 3 is 2.83 bits per heavy atom. The van der Waals surface area contributed by atoms with Crippen molar-refractivity contribution in [2.24, 2.45) is 0 Å². The van der Waals surface area contributed by atoms with Crippen molar-refractivity contribution < 1.29 is 4.79 Å². The third-order valence-electron chi connectivity index (χ3n) is 2.14. The number of ketones is 1. The molecule has 12 heavy (non-hydrogen) atoms. The molecule has 0 unspecified atom stereocenters. The van der Waals surface area contributed by atoms with Crippen LogP contribution in [-0.4, -0.2) is 5.78 Å². The van der Waals surface area contributed by atoms with Gasteiger partial charge in [-0.25, -0.2) is 0 Å². The van der Waals surface area contributed by atoms with Gasteiger partial charge < -0.3 is 0 Å². The molecule has 0 bridgehead atoms. The van der Waals surface area contributed by atoms with Crippen LogP contribution in [0.15, 0.2) is 23.8 Å². The van der Waals surface area contributed by atoms with E-state index in [0.29, 0.717) is 18.6 Å². The van der Waals surface area contributed by atoms with Crippen LogP contribution in [0.3, 0.4) is 0 Å². The number of carbonyl (C=O) groups is 1. The van der Waals surface area contributed by atoms with Gasteiger partial charge in [-0.1, -0.05) is 23.8 Å². The van der Waals surface area contributed by atoms with Crippen molar-refractivity contribution >= 4 is 5.78 Å². The molecule has 0 heterocycles. The summed E-state index contributed by atoms with van der Waals surface area (Å²) in [5.74, 6) is 0.362. The Morgan fingerprint density at radius 1 is 1.17 bits per heavy atom. The summed E-state index contributed by atoms with van der Waals surface area (Å²) >= 11 is 0. The normalized spacial score (nSPS) is 27.4. The van der Waals surface area contributed by atoms with Gasteiger partial charge in [-0.15, -0.1) is 0 Å². The van der Waals surface area contributed by atoms with Crippen molar-refractivity contribution in [1.82, 2.24) is 0 Å². The van der Waals surface area contributed by atoms with E-state index in [2.05, 4.69) is 19.1 Å². The molecular formula is C11H16O. The second-order valence-corrected chi connectivity index (χ2v) is 3.34. The van der Waals surface area contributed by atoms with E-state index in [4.69, 9.17) is 0 Å². The molecule has 0 aromatic heterocycles. The molecule has 0 N–H and O–H groups in total. The smallest absolute Gasteiger partial charge is 0.136 e. The fourth-order valence-electron chi connectivity index (χ4n) is 1.30. The van der Waals surface area contributed by atoms with E-state index in [0.717, 1.165) is 19.3 Å². The van der Waals surface area contributed by atoms with Crippen LogP contribution in [0.25, 0.3) is 0 Å². The Bertz CT molecular complexity index is 211. The van der Waals surface area contributed by atoms with Crippen molar-refractivity contribution in [1.29, 1.82) is 0 Å². The van der Waals surface area contributed by atoms with Crippen molar-refractivity contribution in [3.63, 3.8) is 0 Å². The number of Topliss-reactive ketones (excluding diaryl/α,β-unsaturated/α-hetero) is 1. The molecule has 0 aromatic carbocycles. The molecule has 1 nitrogen and oxygen atoms in total. The first-order valence-corrected chi connectivity index (χ1v) is 4.61. The Morgan fingerprint density at radius 2 is 2.00 bits per heavy atom. The highest BCUT2D eigenvalue weighted by Crippen LogP contribution is 2.10. The molecule has 0 amide bonds. The minimum Gasteiger partial charge on any atom is -0.299 e. The van der Waals surface area contributed by atoms with E-state index in [1.807, 2.05) is 6.08 Å². The monoisotopic (exact) mass is 164 g/mol. The maximum absolute atomic E-state index is 11.2. The third-order valence-corrected chi connectivity index (χ3v) is 2.14. The zero-order valence-electron chi connectivity index (χ0n) is 7.68. The summed E-state index contributed by atoms with van der Waals surface area (Å²) in [5, 5.41) is 0. The quantitative estimate of drug-likeness (QED) is 0.503. The van der Waals surface area contributed by atoms with Gasteiger partial charge >= 0.3 is 0 Å². The maximum atomic E-state index is 11.2. The maximum Gasteiger partial charge on any atom is 0.136 e. The molecule has 1 aliphatic carbocycles. The van der Waals surface area contributed by atoms with Gasteiger partial charge in [-0.2, -0.15) is 0 Å². The average Bonchev–Trinajstić information content (AvgIpc) is 2.07. The van der Waals surface area contributed by atoms with Crippen molar-refractivity contribution in [3.05, 3.63) is 23.8 Å². The molecule has 0 saturated carbocycles. The number of carbonyl (C=O) groups excluding carboxylic acids is 1. The highest BCUT2D eigenvalue weighted by atomic mass is 16.1. The first kappa shape index (κ1) is 9.24. The molecule has 0 atom stereocenters. The first-order valence-electron chi connectivity index (χ1n) is 4.61. The minimum absolute atomic E-state index is 0.362. The molecule has 0 aromatic rings. The summed E-state index contributed by atoms with van der Waals surface area (Å²) in [4.78, 5) is 11.2. The third kappa shape index (κ3) is 3.51. The number of hydrogen-bond donors (Lipinski definition) is 0. The lowest BCUT2D eigenvalue weighted by atomic mass is 10.0. The minimum atomic E-state index is 0.362. The summed E-state index contributed by atoms with van der Waals surface area (Å²) in [7, 11) is 0. The fraction of sp³-hybridized carbons (Fsp3) is 0.545. The van der Waals surface area contributed by atoms with Crippen molar-refractivity contribution in [2.45, 2.75) is 39.0 Å². The Balaban J connectivity index is 2.51. The fourth-order valence-corrected chi connectivity index (χ4v) is 1.30. The summed E-state index contributed by atoms with van der Waals surface area (Å²) in [6.45, 7) is 2.11. The standard InChI is InChI=1S/C11H16O/c1-10-6-4-2-3-5-7-11(12)9-8-10/h3,5-6H,2,4,7-9H2,1H3/b5-3-,10-6+. The molecule has 0 fully saturated rings. The van der Waals surface area contributed by atoms with E-state index in [1.54, 1.807) is 0 Å². The van der Waals surface area contributed by atoms with Gasteiger partial charge in [-0.05, 0) is 26.2 Å². The van der Waals surface area contributed by atoms with Gasteiger partial charge in [0.2, 0.25) is 0 Å². The van der Waals surface area contributed by atoms with E-state index in [-0.39, 0.29) is 0 Å². The van der Waals surface area contributed by atoms with Gasteiger partial charge in [-0.3, -0.25) is 4.79 Å². The van der Waals surface area contributed by atoms with E-state index >= 15 is 0 Å². The van der Waals surface area contributed by atoms with Crippen molar-refractivity contribution in [2.75, 3.05) is 0 Å². The molecule has 0 spiro atoms. The van der Waals surface area contributed by atoms with E-state index in [1.165, 1.54) is 5.57 Å². The Kier molecular flexibility index (Phi) is 3.78. The highest BCUT2D eigenvalue weighted by molar-refractivity contribution is 5.80.